The van der Waals surface area contributed by atoms with Gasteiger partial charge >= 0.3 is 0 Å². The van der Waals surface area contributed by atoms with E-state index in [-0.39, 0.29) is 52.4 Å². The van der Waals surface area contributed by atoms with Crippen molar-refractivity contribution in [2.45, 2.75) is 6.04 Å². The number of nitrogens with one attached hydrogen (secondary N) is 1. The van der Waals surface area contributed by atoms with Gasteiger partial charge in [-0.1, -0.05) is 6.07 Å². The molecule has 1 aromatic heterocycles. The molecular weight excluding hydrogens is 417 g/mol. The summed E-state index contributed by atoms with van der Waals surface area (Å²) in [6.07, 6.45) is 0. The van der Waals surface area contributed by atoms with Gasteiger partial charge in [-0.3, -0.25) is 4.79 Å². The molecule has 10 heteroatoms. The van der Waals surface area contributed by atoms with E-state index >= 15 is 0 Å². The lowest BCUT2D eigenvalue weighted by molar-refractivity contribution is 0.0606. The van der Waals surface area contributed by atoms with Gasteiger partial charge < -0.3 is 29.7 Å². The molecule has 2 N–H and O–H groups in total. The molecule has 1 amide bonds. The van der Waals surface area contributed by atoms with E-state index in [1.54, 1.807) is 4.90 Å². The number of aromatic nitrogens is 1. The zero-order valence-corrected chi connectivity index (χ0v) is 17.3. The molecule has 0 bridgehead atoms. The van der Waals surface area contributed by atoms with E-state index < -0.39 is 5.82 Å². The summed E-state index contributed by atoms with van der Waals surface area (Å²) >= 11 is 0. The zero-order valence-electron chi connectivity index (χ0n) is 17.3. The van der Waals surface area contributed by atoms with Crippen LogP contribution in [0.25, 0.3) is 11.3 Å². The Balaban J connectivity index is 1.78. The number of hydrogen-bond donors (Lipinski definition) is 2. The van der Waals surface area contributed by atoms with Crippen LogP contribution in [0, 0.1) is 17.1 Å². The molecule has 1 atom stereocenters. The Labute approximate surface area is 184 Å². The minimum atomic E-state index is -0.719. The van der Waals surface area contributed by atoms with E-state index in [4.69, 9.17) is 9.47 Å². The summed E-state index contributed by atoms with van der Waals surface area (Å²) in [5.41, 5.74) is -0.110. The van der Waals surface area contributed by atoms with Crippen molar-refractivity contribution >= 4 is 11.7 Å². The van der Waals surface area contributed by atoms with Gasteiger partial charge in [-0.05, 0) is 12.1 Å². The van der Waals surface area contributed by atoms with Crippen molar-refractivity contribution in [3.8, 4) is 28.8 Å². The summed E-state index contributed by atoms with van der Waals surface area (Å²) < 4.78 is 26.3. The molecule has 2 saturated heterocycles. The topological polar surface area (TPSA) is 111 Å². The summed E-state index contributed by atoms with van der Waals surface area (Å²) in [5.74, 6) is -0.934. The standard InChI is InChI=1S/C22H22FN5O4/c23-15-2-1-3-16(29)17(15)19-14(10-24)20-18(21(26-19)27-6-8-31-9-7-27)22(30)28-5-4-25-11-13(28)12-32-20/h1-3,13,25,29H,4-9,11-12H2/t13-/m1/s1. The van der Waals surface area contributed by atoms with Crippen LogP contribution in [0.15, 0.2) is 18.2 Å². The first-order chi connectivity index (χ1) is 15.6. The van der Waals surface area contributed by atoms with E-state index in [2.05, 4.69) is 10.3 Å². The third kappa shape index (κ3) is 3.30. The smallest absolute Gasteiger partial charge is 0.261 e. The maximum atomic E-state index is 14.8. The van der Waals surface area contributed by atoms with E-state index in [1.807, 2.05) is 11.0 Å². The number of ether oxygens (including phenoxy) is 2. The number of nitriles is 1. The number of morpholine rings is 1. The number of fused-ring (bicyclic) bond motifs is 2. The van der Waals surface area contributed by atoms with Gasteiger partial charge in [0.05, 0.1) is 24.8 Å². The largest absolute Gasteiger partial charge is 0.507 e. The lowest BCUT2D eigenvalue weighted by Gasteiger charge is -2.35. The van der Waals surface area contributed by atoms with Gasteiger partial charge in [0.25, 0.3) is 5.91 Å². The fourth-order valence-corrected chi connectivity index (χ4v) is 4.43. The molecule has 0 spiro atoms. The number of phenolic OH excluding ortho intramolecular Hbond substituents is 1. The van der Waals surface area contributed by atoms with Crippen molar-refractivity contribution in [1.29, 1.82) is 5.26 Å². The van der Waals surface area contributed by atoms with Crippen molar-refractivity contribution < 1.29 is 23.8 Å². The van der Waals surface area contributed by atoms with Gasteiger partial charge in [-0.2, -0.15) is 5.26 Å². The predicted octanol–water partition coefficient (Wildman–Crippen LogP) is 1.11. The predicted molar refractivity (Wildman–Crippen MR) is 112 cm³/mol. The number of hydrogen-bond acceptors (Lipinski definition) is 8. The van der Waals surface area contributed by atoms with Crippen LogP contribution in [0.2, 0.25) is 0 Å². The quantitative estimate of drug-likeness (QED) is 0.716. The zero-order chi connectivity index (χ0) is 22.2. The van der Waals surface area contributed by atoms with E-state index in [0.29, 0.717) is 51.8 Å². The lowest BCUT2D eigenvalue weighted by atomic mass is 10.00. The summed E-state index contributed by atoms with van der Waals surface area (Å²) in [6, 6.07) is 5.74. The van der Waals surface area contributed by atoms with Crippen molar-refractivity contribution in [1.82, 2.24) is 15.2 Å². The highest BCUT2D eigenvalue weighted by molar-refractivity contribution is 6.04. The number of carbonyl (C=O) groups excluding carboxylic acids is 1. The molecule has 9 nitrogen and oxygen atoms in total. The fraction of sp³-hybridized carbons (Fsp3) is 0.409. The number of amides is 1. The molecular formula is C22H22FN5O4. The monoisotopic (exact) mass is 439 g/mol. The van der Waals surface area contributed by atoms with Crippen LogP contribution >= 0.6 is 0 Å². The van der Waals surface area contributed by atoms with E-state index in [1.165, 1.54) is 18.2 Å². The van der Waals surface area contributed by atoms with Crippen molar-refractivity contribution in [3.63, 3.8) is 0 Å². The highest BCUT2D eigenvalue weighted by Gasteiger charge is 2.39. The molecule has 2 fully saturated rings. The molecule has 3 aliphatic heterocycles. The normalized spacial score (nSPS) is 20.6. The Hall–Kier alpha value is -3.42. The molecule has 2 aromatic rings. The number of pyridine rings is 1. The summed E-state index contributed by atoms with van der Waals surface area (Å²) in [4.78, 5) is 21.9. The Morgan fingerprint density at radius 3 is 2.81 bits per heavy atom. The molecule has 1 aromatic carbocycles. The van der Waals surface area contributed by atoms with Gasteiger partial charge in [-0.25, -0.2) is 9.37 Å². The van der Waals surface area contributed by atoms with Crippen molar-refractivity contribution in [3.05, 3.63) is 35.1 Å². The minimum absolute atomic E-state index is 0.0471. The van der Waals surface area contributed by atoms with Gasteiger partial charge in [0, 0.05) is 32.7 Å². The lowest BCUT2D eigenvalue weighted by Crippen LogP contribution is -2.55. The second-order valence-electron chi connectivity index (χ2n) is 7.88. The number of phenols is 1. The van der Waals surface area contributed by atoms with Crippen molar-refractivity contribution in [2.24, 2.45) is 0 Å². The van der Waals surface area contributed by atoms with Crippen LogP contribution < -0.4 is 15.0 Å². The number of anilines is 1. The molecule has 0 saturated carbocycles. The number of rotatable bonds is 2. The molecule has 0 aliphatic carbocycles. The number of benzene rings is 1. The first kappa shape index (κ1) is 20.5. The molecule has 3 aliphatic rings. The van der Waals surface area contributed by atoms with Gasteiger partial charge in [-0.15, -0.1) is 0 Å². The summed E-state index contributed by atoms with van der Waals surface area (Å²) in [7, 11) is 0. The van der Waals surface area contributed by atoms with Crippen LogP contribution in [-0.2, 0) is 4.74 Å². The van der Waals surface area contributed by atoms with Crippen LogP contribution in [0.5, 0.6) is 11.5 Å². The molecule has 4 heterocycles. The molecule has 0 radical (unpaired) electrons. The minimum Gasteiger partial charge on any atom is -0.507 e. The Morgan fingerprint density at radius 2 is 2.06 bits per heavy atom. The van der Waals surface area contributed by atoms with Crippen LogP contribution in [-0.4, -0.2) is 79.5 Å². The number of piperazine rings is 1. The number of aromatic hydroxyl groups is 1. The van der Waals surface area contributed by atoms with Crippen LogP contribution in [0.1, 0.15) is 15.9 Å². The number of halogens is 1. The Morgan fingerprint density at radius 1 is 1.25 bits per heavy atom. The number of carbonyl (C=O) groups is 1. The second kappa shape index (κ2) is 8.26. The summed E-state index contributed by atoms with van der Waals surface area (Å²) in [6.45, 7) is 3.78. The van der Waals surface area contributed by atoms with E-state index in [0.717, 1.165) is 0 Å². The maximum absolute atomic E-state index is 14.8. The second-order valence-corrected chi connectivity index (χ2v) is 7.88. The van der Waals surface area contributed by atoms with Crippen LogP contribution in [0.3, 0.4) is 0 Å². The molecule has 166 valence electrons. The summed E-state index contributed by atoms with van der Waals surface area (Å²) in [5, 5.41) is 23.7. The highest BCUT2D eigenvalue weighted by atomic mass is 19.1. The third-order valence-corrected chi connectivity index (χ3v) is 6.03. The van der Waals surface area contributed by atoms with E-state index in [9.17, 15) is 19.6 Å². The third-order valence-electron chi connectivity index (χ3n) is 6.03. The Bertz CT molecular complexity index is 1090. The molecule has 5 rings (SSSR count). The molecule has 32 heavy (non-hydrogen) atoms. The fourth-order valence-electron chi connectivity index (χ4n) is 4.43. The van der Waals surface area contributed by atoms with Crippen LogP contribution in [0.4, 0.5) is 10.2 Å². The van der Waals surface area contributed by atoms with Gasteiger partial charge in [0.15, 0.2) is 5.75 Å². The first-order valence-corrected chi connectivity index (χ1v) is 10.5. The first-order valence-electron chi connectivity index (χ1n) is 10.5. The molecule has 0 unspecified atom stereocenters. The number of nitrogens with zero attached hydrogens (tertiary/aromatic N) is 4. The van der Waals surface area contributed by atoms with Crippen molar-refractivity contribution in [2.75, 3.05) is 57.4 Å². The maximum Gasteiger partial charge on any atom is 0.261 e. The Kier molecular flexibility index (Phi) is 5.28. The average Bonchev–Trinajstić information content (AvgIpc) is 2.96. The average molecular weight is 439 g/mol. The van der Waals surface area contributed by atoms with Gasteiger partial charge in [0.2, 0.25) is 0 Å². The highest BCUT2D eigenvalue weighted by Crippen LogP contribution is 2.43. The SMILES string of the molecule is N#Cc1c(-c2c(O)cccc2F)nc(N2CCOCC2)c2c1OC[C@H]1CNCCN1C2=O. The van der Waals surface area contributed by atoms with Gasteiger partial charge in [0.1, 0.15) is 46.9 Å².